The van der Waals surface area contributed by atoms with Crippen molar-refractivity contribution in [3.05, 3.63) is 101 Å². The largest absolute Gasteiger partial charge is 0.507 e. The molecule has 310 valence electrons. The maximum atomic E-state index is 13.2. The fraction of sp³-hybridized carbons (Fsp3) is 0.349. The highest BCUT2D eigenvalue weighted by molar-refractivity contribution is 7.13. The van der Waals surface area contributed by atoms with Crippen molar-refractivity contribution in [2.75, 3.05) is 44.7 Å². The Kier molecular flexibility index (Phi) is 12.1. The van der Waals surface area contributed by atoms with E-state index in [2.05, 4.69) is 45.7 Å². The van der Waals surface area contributed by atoms with Gasteiger partial charge in [0.25, 0.3) is 0 Å². The van der Waals surface area contributed by atoms with E-state index in [1.54, 1.807) is 47.8 Å². The number of fused-ring (bicyclic) bond motifs is 1. The molecule has 8 rings (SSSR count). The Morgan fingerprint density at radius 2 is 1.75 bits per heavy atom. The first-order valence-electron chi connectivity index (χ1n) is 20.0. The normalized spacial score (nSPS) is 17.1. The highest BCUT2D eigenvalue weighted by Crippen LogP contribution is 2.36. The molecule has 0 aliphatic carbocycles. The number of aliphatic hydroxyl groups is 1. The van der Waals surface area contributed by atoms with Gasteiger partial charge in [-0.25, -0.2) is 15.0 Å². The molecule has 0 saturated carbocycles. The van der Waals surface area contributed by atoms with Crippen LogP contribution in [0.1, 0.15) is 47.6 Å². The van der Waals surface area contributed by atoms with Crippen LogP contribution in [-0.2, 0) is 27.5 Å². The number of likely N-dealkylation sites (N-methyl/N-ethyl adjacent to an activating group) is 1. The number of carbonyl (C=O) groups excluding carboxylic acids is 3. The van der Waals surface area contributed by atoms with E-state index in [0.29, 0.717) is 29.7 Å². The predicted molar refractivity (Wildman–Crippen MR) is 227 cm³/mol. The molecule has 6 aromatic rings. The van der Waals surface area contributed by atoms with Crippen LogP contribution in [0.3, 0.4) is 0 Å². The van der Waals surface area contributed by atoms with Crippen LogP contribution in [0.4, 0.5) is 5.95 Å². The Hall–Kier alpha value is -6.30. The number of para-hydroxylation sites is 1. The summed E-state index contributed by atoms with van der Waals surface area (Å²) in [5, 5.41) is 36.0. The van der Waals surface area contributed by atoms with Crippen molar-refractivity contribution in [3.8, 4) is 27.4 Å². The Morgan fingerprint density at radius 1 is 0.983 bits per heavy atom. The number of rotatable bonds is 13. The second kappa shape index (κ2) is 17.9. The summed E-state index contributed by atoms with van der Waals surface area (Å²) >= 11 is 1.58. The number of aromatic nitrogens is 6. The van der Waals surface area contributed by atoms with Crippen molar-refractivity contribution in [2.45, 2.75) is 57.3 Å². The maximum absolute atomic E-state index is 13.2. The first-order chi connectivity index (χ1) is 29.1. The standard InChI is InChI=1S/C43H47N11O5S/c1-26-40(60-25-49-26)30-9-7-27(8-10-30)17-46-42(59)36-15-31(55)23-54(36)39(58)21-44-38(57)24-52(2)22-28-18-47-43(48-19-28)53-13-11-29(12-14-53)34-20-45-41-33(34)16-35(50-51-41)32-5-3-4-6-37(32)56/h3-10,16,18-20,25,29,31,36,55-56H,11-15,17,21-24H2,1-2H3,(H,44,57)(H,45,51)(H,46,59)/t31-,36+/m1/s1. The van der Waals surface area contributed by atoms with Gasteiger partial charge in [-0.1, -0.05) is 36.4 Å². The number of aromatic amines is 1. The zero-order chi connectivity index (χ0) is 41.8. The number of aromatic hydroxyl groups is 1. The molecular formula is C43H47N11O5S. The van der Waals surface area contributed by atoms with Crippen molar-refractivity contribution in [3.63, 3.8) is 0 Å². The Balaban J connectivity index is 0.772. The predicted octanol–water partition coefficient (Wildman–Crippen LogP) is 3.76. The molecular weight excluding hydrogens is 783 g/mol. The highest BCUT2D eigenvalue weighted by Gasteiger charge is 2.38. The van der Waals surface area contributed by atoms with Crippen molar-refractivity contribution in [1.82, 2.24) is 50.6 Å². The number of phenols is 1. The average molecular weight is 830 g/mol. The fourth-order valence-electron chi connectivity index (χ4n) is 8.03. The quantitative estimate of drug-likeness (QED) is 0.113. The van der Waals surface area contributed by atoms with Crippen LogP contribution in [-0.4, -0.2) is 120 Å². The molecule has 0 bridgehead atoms. The number of phenolic OH excluding ortho intramolecular Hbond substituents is 1. The van der Waals surface area contributed by atoms with Gasteiger partial charge in [-0.2, -0.15) is 0 Å². The molecule has 2 saturated heterocycles. The number of amides is 3. The Morgan fingerprint density at radius 3 is 2.48 bits per heavy atom. The third-order valence-electron chi connectivity index (χ3n) is 11.2. The van der Waals surface area contributed by atoms with Crippen LogP contribution in [0.15, 0.2) is 78.7 Å². The number of hydrogen-bond donors (Lipinski definition) is 5. The number of likely N-dealkylation sites (tertiary alicyclic amines) is 1. The molecule has 2 atom stereocenters. The molecule has 6 heterocycles. The lowest BCUT2D eigenvalue weighted by Crippen LogP contribution is -2.49. The summed E-state index contributed by atoms with van der Waals surface area (Å²) in [7, 11) is 1.80. The Bertz CT molecular complexity index is 2470. The number of aryl methyl sites for hydroxylation is 1. The third kappa shape index (κ3) is 9.12. The van der Waals surface area contributed by atoms with E-state index < -0.39 is 18.1 Å². The minimum atomic E-state index is -0.832. The van der Waals surface area contributed by atoms with E-state index in [1.807, 2.05) is 61.1 Å². The van der Waals surface area contributed by atoms with Gasteiger partial charge in [0.2, 0.25) is 23.7 Å². The number of anilines is 1. The summed E-state index contributed by atoms with van der Waals surface area (Å²) in [6, 6.07) is 16.2. The SMILES string of the molecule is Cc1ncsc1-c1ccc(CNC(=O)[C@@H]2C[C@@H](O)CN2C(=O)CNC(=O)CN(C)Cc2cnc(N3CCC(c4c[nH]c5nnc(-c6ccccc6O)cc45)CC3)nc2)cc1. The molecule has 2 aromatic carbocycles. The van der Waals surface area contributed by atoms with Gasteiger partial charge in [0.1, 0.15) is 11.8 Å². The molecule has 2 fully saturated rings. The number of H-pyrrole nitrogens is 1. The number of benzene rings is 2. The lowest BCUT2D eigenvalue weighted by molar-refractivity contribution is -0.138. The van der Waals surface area contributed by atoms with Crippen LogP contribution >= 0.6 is 11.3 Å². The van der Waals surface area contributed by atoms with Crippen LogP contribution in [0.25, 0.3) is 32.7 Å². The van der Waals surface area contributed by atoms with Gasteiger partial charge in [0.15, 0.2) is 5.65 Å². The van der Waals surface area contributed by atoms with Gasteiger partial charge in [0, 0.05) is 74.2 Å². The third-order valence-corrected chi connectivity index (χ3v) is 12.2. The zero-order valence-electron chi connectivity index (χ0n) is 33.4. The van der Waals surface area contributed by atoms with Crippen molar-refractivity contribution in [1.29, 1.82) is 0 Å². The summed E-state index contributed by atoms with van der Waals surface area (Å²) < 4.78 is 0. The monoisotopic (exact) mass is 829 g/mol. The van der Waals surface area contributed by atoms with Crippen LogP contribution < -0.4 is 15.5 Å². The minimum absolute atomic E-state index is 0.0199. The number of piperidine rings is 1. The van der Waals surface area contributed by atoms with Crippen molar-refractivity contribution >= 4 is 46.0 Å². The van der Waals surface area contributed by atoms with Gasteiger partial charge in [0.05, 0.1) is 41.0 Å². The first-order valence-corrected chi connectivity index (χ1v) is 20.9. The average Bonchev–Trinajstić information content (AvgIpc) is 4.00. The van der Waals surface area contributed by atoms with E-state index in [9.17, 15) is 24.6 Å². The minimum Gasteiger partial charge on any atom is -0.507 e. The molecule has 60 heavy (non-hydrogen) atoms. The summed E-state index contributed by atoms with van der Waals surface area (Å²) in [5.74, 6) is -0.00595. The number of carbonyl (C=O) groups is 3. The van der Waals surface area contributed by atoms with Crippen molar-refractivity contribution < 1.29 is 24.6 Å². The number of β-amino-alcohol motifs (C(OH)–C–C–N with tert-alkyl or cyclic N) is 1. The van der Waals surface area contributed by atoms with Crippen molar-refractivity contribution in [2.24, 2.45) is 0 Å². The molecule has 2 aliphatic heterocycles. The first kappa shape index (κ1) is 40.5. The van der Waals surface area contributed by atoms with Gasteiger partial charge in [-0.3, -0.25) is 19.3 Å². The fourth-order valence-corrected chi connectivity index (χ4v) is 8.84. The van der Waals surface area contributed by atoms with Gasteiger partial charge in [-0.15, -0.1) is 21.5 Å². The van der Waals surface area contributed by atoms with Gasteiger partial charge in [-0.05, 0) is 67.6 Å². The number of aliphatic hydroxyl groups excluding tert-OH is 1. The van der Waals surface area contributed by atoms with Gasteiger partial charge < -0.3 is 35.6 Å². The van der Waals surface area contributed by atoms with E-state index >= 15 is 0 Å². The molecule has 16 nitrogen and oxygen atoms in total. The number of nitrogens with zero attached hydrogens (tertiary/aromatic N) is 8. The Labute approximate surface area is 350 Å². The second-order valence-corrected chi connectivity index (χ2v) is 16.3. The molecule has 5 N–H and O–H groups in total. The summed E-state index contributed by atoms with van der Waals surface area (Å²) in [6.07, 6.45) is 6.66. The van der Waals surface area contributed by atoms with Crippen LogP contribution in [0.5, 0.6) is 5.75 Å². The van der Waals surface area contributed by atoms with E-state index in [1.165, 1.54) is 10.5 Å². The molecule has 17 heteroatoms. The molecule has 2 aliphatic rings. The lowest BCUT2D eigenvalue weighted by Gasteiger charge is -2.32. The second-order valence-electron chi connectivity index (χ2n) is 15.5. The summed E-state index contributed by atoms with van der Waals surface area (Å²) in [5.41, 5.74) is 8.76. The zero-order valence-corrected chi connectivity index (χ0v) is 34.2. The molecule has 4 aromatic heterocycles. The maximum Gasteiger partial charge on any atom is 0.243 e. The van der Waals surface area contributed by atoms with Crippen LogP contribution in [0.2, 0.25) is 0 Å². The summed E-state index contributed by atoms with van der Waals surface area (Å²) in [4.78, 5) is 62.4. The molecule has 0 spiro atoms. The van der Waals surface area contributed by atoms with E-state index in [4.69, 9.17) is 0 Å². The lowest BCUT2D eigenvalue weighted by atomic mass is 9.89. The molecule has 0 radical (unpaired) electrons. The number of thiazole rings is 1. The van der Waals surface area contributed by atoms with E-state index in [-0.39, 0.29) is 50.2 Å². The summed E-state index contributed by atoms with van der Waals surface area (Å²) in [6.45, 7) is 4.00. The van der Waals surface area contributed by atoms with Crippen LogP contribution in [0, 0.1) is 6.92 Å². The molecule has 3 amide bonds. The van der Waals surface area contributed by atoms with Gasteiger partial charge >= 0.3 is 0 Å². The number of hydrogen-bond acceptors (Lipinski definition) is 13. The number of nitrogens with one attached hydrogen (secondary N) is 3. The molecule has 0 unspecified atom stereocenters. The topological polar surface area (TPSA) is 206 Å². The van der Waals surface area contributed by atoms with E-state index in [0.717, 1.165) is 64.2 Å². The smallest absolute Gasteiger partial charge is 0.243 e. The highest BCUT2D eigenvalue weighted by atomic mass is 32.1.